The molecule has 0 aliphatic heterocycles. The Bertz CT molecular complexity index is 1170. The Hall–Kier alpha value is -3.06. The van der Waals surface area contributed by atoms with Crippen LogP contribution in [0, 0.1) is 6.92 Å². The first-order chi connectivity index (χ1) is 13.7. The Labute approximate surface area is 166 Å². The van der Waals surface area contributed by atoms with Crippen LogP contribution in [0.3, 0.4) is 0 Å². The SMILES string of the molecule is CCOc1ccc(-n2c(SCc3cc(C)on3)nc3ccccc3c2=O)cc1. The molecule has 0 atom stereocenters. The molecule has 2 heterocycles. The summed E-state index contributed by atoms with van der Waals surface area (Å²) in [6.45, 7) is 4.38. The minimum Gasteiger partial charge on any atom is -0.494 e. The molecular weight excluding hydrogens is 374 g/mol. The molecule has 2 aromatic carbocycles. The number of benzene rings is 2. The molecule has 0 saturated carbocycles. The fraction of sp³-hybridized carbons (Fsp3) is 0.190. The van der Waals surface area contributed by atoms with Crippen LogP contribution in [0.15, 0.2) is 69.1 Å². The summed E-state index contributed by atoms with van der Waals surface area (Å²) in [5.41, 5.74) is 2.12. The third-order valence-electron chi connectivity index (χ3n) is 4.18. The topological polar surface area (TPSA) is 70.2 Å². The number of nitrogens with zero attached hydrogens (tertiary/aromatic N) is 3. The van der Waals surface area contributed by atoms with Gasteiger partial charge in [-0.2, -0.15) is 0 Å². The van der Waals surface area contributed by atoms with Gasteiger partial charge in [0.1, 0.15) is 11.5 Å². The van der Waals surface area contributed by atoms with Crippen molar-refractivity contribution in [3.8, 4) is 11.4 Å². The summed E-state index contributed by atoms with van der Waals surface area (Å²) in [5.74, 6) is 2.07. The molecule has 0 aliphatic rings. The molecule has 0 spiro atoms. The molecule has 0 bridgehead atoms. The Kier molecular flexibility index (Phi) is 5.16. The van der Waals surface area contributed by atoms with E-state index in [2.05, 4.69) is 5.16 Å². The van der Waals surface area contributed by atoms with Gasteiger partial charge < -0.3 is 9.26 Å². The molecule has 7 heteroatoms. The largest absolute Gasteiger partial charge is 0.494 e. The van der Waals surface area contributed by atoms with Gasteiger partial charge in [-0.1, -0.05) is 29.1 Å². The van der Waals surface area contributed by atoms with E-state index in [0.717, 1.165) is 22.9 Å². The van der Waals surface area contributed by atoms with Crippen molar-refractivity contribution in [2.75, 3.05) is 6.61 Å². The van der Waals surface area contributed by atoms with E-state index in [1.165, 1.54) is 11.8 Å². The van der Waals surface area contributed by atoms with E-state index >= 15 is 0 Å². The fourth-order valence-electron chi connectivity index (χ4n) is 2.92. The molecule has 0 saturated heterocycles. The zero-order chi connectivity index (χ0) is 19.5. The molecule has 2 aromatic heterocycles. The minimum absolute atomic E-state index is 0.103. The van der Waals surface area contributed by atoms with Gasteiger partial charge in [0.15, 0.2) is 5.16 Å². The lowest BCUT2D eigenvalue weighted by Gasteiger charge is -2.13. The monoisotopic (exact) mass is 393 g/mol. The first-order valence-electron chi connectivity index (χ1n) is 8.95. The lowest BCUT2D eigenvalue weighted by atomic mass is 10.2. The van der Waals surface area contributed by atoms with E-state index < -0.39 is 0 Å². The third kappa shape index (κ3) is 3.66. The summed E-state index contributed by atoms with van der Waals surface area (Å²) in [6, 6.07) is 16.7. The number of thioether (sulfide) groups is 1. The Morgan fingerprint density at radius 2 is 1.93 bits per heavy atom. The standard InChI is InChI=1S/C21H19N3O3S/c1-3-26-17-10-8-16(9-11-17)24-20(25)18-6-4-5-7-19(18)22-21(24)28-13-15-12-14(2)27-23-15/h4-12H,3,13H2,1-2H3. The van der Waals surface area contributed by atoms with Crippen LogP contribution < -0.4 is 10.3 Å². The van der Waals surface area contributed by atoms with Crippen LogP contribution in [0.2, 0.25) is 0 Å². The molecule has 4 rings (SSSR count). The number of aromatic nitrogens is 3. The summed E-state index contributed by atoms with van der Waals surface area (Å²) in [7, 11) is 0. The minimum atomic E-state index is -0.103. The Morgan fingerprint density at radius 3 is 2.64 bits per heavy atom. The number of fused-ring (bicyclic) bond motifs is 1. The second-order valence-electron chi connectivity index (χ2n) is 6.20. The van der Waals surface area contributed by atoms with Crippen LogP contribution >= 0.6 is 11.8 Å². The van der Waals surface area contributed by atoms with Crippen LogP contribution in [-0.4, -0.2) is 21.3 Å². The molecule has 0 amide bonds. The molecule has 0 fully saturated rings. The highest BCUT2D eigenvalue weighted by Gasteiger charge is 2.14. The number of rotatable bonds is 6. The summed E-state index contributed by atoms with van der Waals surface area (Å²) in [6.07, 6.45) is 0. The van der Waals surface area contributed by atoms with Gasteiger partial charge in [-0.3, -0.25) is 9.36 Å². The van der Waals surface area contributed by atoms with Crippen LogP contribution in [0.5, 0.6) is 5.75 Å². The predicted molar refractivity (Wildman–Crippen MR) is 109 cm³/mol. The van der Waals surface area contributed by atoms with Gasteiger partial charge in [0.25, 0.3) is 5.56 Å². The van der Waals surface area contributed by atoms with Crippen molar-refractivity contribution in [3.05, 3.63) is 76.4 Å². The van der Waals surface area contributed by atoms with Crippen molar-refractivity contribution in [1.29, 1.82) is 0 Å². The maximum absolute atomic E-state index is 13.2. The van der Waals surface area contributed by atoms with Gasteiger partial charge in [0, 0.05) is 11.8 Å². The van der Waals surface area contributed by atoms with Crippen LogP contribution in [0.1, 0.15) is 18.4 Å². The number of ether oxygens (including phenoxy) is 1. The summed E-state index contributed by atoms with van der Waals surface area (Å²) >= 11 is 1.45. The molecule has 0 unspecified atom stereocenters. The first kappa shape index (κ1) is 18.3. The lowest BCUT2D eigenvalue weighted by molar-refractivity contribution is 0.340. The summed E-state index contributed by atoms with van der Waals surface area (Å²) in [5, 5.41) is 5.21. The van der Waals surface area contributed by atoms with Gasteiger partial charge in [-0.15, -0.1) is 0 Å². The molecule has 6 nitrogen and oxygen atoms in total. The molecule has 4 aromatic rings. The lowest BCUT2D eigenvalue weighted by Crippen LogP contribution is -2.21. The highest BCUT2D eigenvalue weighted by molar-refractivity contribution is 7.98. The summed E-state index contributed by atoms with van der Waals surface area (Å²) < 4.78 is 12.3. The average Bonchev–Trinajstić information content (AvgIpc) is 3.13. The Morgan fingerprint density at radius 1 is 1.14 bits per heavy atom. The number of hydrogen-bond donors (Lipinski definition) is 0. The third-order valence-corrected chi connectivity index (χ3v) is 5.15. The van der Waals surface area contributed by atoms with E-state index in [1.807, 2.05) is 62.4 Å². The van der Waals surface area contributed by atoms with Crippen molar-refractivity contribution in [1.82, 2.24) is 14.7 Å². The van der Waals surface area contributed by atoms with Gasteiger partial charge in [-0.25, -0.2) is 4.98 Å². The van der Waals surface area contributed by atoms with Crippen molar-refractivity contribution < 1.29 is 9.26 Å². The maximum Gasteiger partial charge on any atom is 0.266 e. The van der Waals surface area contributed by atoms with Crippen molar-refractivity contribution in [2.45, 2.75) is 24.8 Å². The Balaban J connectivity index is 1.79. The van der Waals surface area contributed by atoms with Gasteiger partial charge in [-0.05, 0) is 50.2 Å². The molecule has 28 heavy (non-hydrogen) atoms. The maximum atomic E-state index is 13.2. The van der Waals surface area contributed by atoms with Crippen molar-refractivity contribution in [2.24, 2.45) is 0 Å². The smallest absolute Gasteiger partial charge is 0.266 e. The fourth-order valence-corrected chi connectivity index (χ4v) is 3.81. The number of hydrogen-bond acceptors (Lipinski definition) is 6. The van der Waals surface area contributed by atoms with E-state index in [1.54, 1.807) is 10.6 Å². The molecular formula is C21H19N3O3S. The quantitative estimate of drug-likeness (QED) is 0.358. The number of aryl methyl sites for hydroxylation is 1. The van der Waals surface area contributed by atoms with Crippen molar-refractivity contribution >= 4 is 22.7 Å². The first-order valence-corrected chi connectivity index (χ1v) is 9.94. The second kappa shape index (κ2) is 7.90. The van der Waals surface area contributed by atoms with Crippen molar-refractivity contribution in [3.63, 3.8) is 0 Å². The van der Waals surface area contributed by atoms with Crippen LogP contribution in [0.25, 0.3) is 16.6 Å². The van der Waals surface area contributed by atoms with E-state index in [4.69, 9.17) is 14.2 Å². The highest BCUT2D eigenvalue weighted by Crippen LogP contribution is 2.25. The van der Waals surface area contributed by atoms with Gasteiger partial charge in [0.2, 0.25) is 0 Å². The zero-order valence-electron chi connectivity index (χ0n) is 15.6. The second-order valence-corrected chi connectivity index (χ2v) is 7.14. The summed E-state index contributed by atoms with van der Waals surface area (Å²) in [4.78, 5) is 17.9. The average molecular weight is 393 g/mol. The predicted octanol–water partition coefficient (Wildman–Crippen LogP) is 4.37. The van der Waals surface area contributed by atoms with Gasteiger partial charge in [0.05, 0.1) is 28.9 Å². The van der Waals surface area contributed by atoms with Gasteiger partial charge >= 0.3 is 0 Å². The van der Waals surface area contributed by atoms with E-state index in [0.29, 0.717) is 28.4 Å². The molecule has 0 aliphatic carbocycles. The van der Waals surface area contributed by atoms with Crippen LogP contribution in [-0.2, 0) is 5.75 Å². The molecule has 0 radical (unpaired) electrons. The van der Waals surface area contributed by atoms with Crippen LogP contribution in [0.4, 0.5) is 0 Å². The van der Waals surface area contributed by atoms with E-state index in [-0.39, 0.29) is 5.56 Å². The normalized spacial score (nSPS) is 11.1. The molecule has 142 valence electrons. The molecule has 0 N–H and O–H groups in total. The van der Waals surface area contributed by atoms with E-state index in [9.17, 15) is 4.79 Å². The highest BCUT2D eigenvalue weighted by atomic mass is 32.2. The number of para-hydroxylation sites is 1. The zero-order valence-corrected chi connectivity index (χ0v) is 16.4.